The fourth-order valence-corrected chi connectivity index (χ4v) is 2.50. The first-order chi connectivity index (χ1) is 11.6. The normalized spacial score (nSPS) is 11.1. The number of nitrogens with one attached hydrogen (secondary N) is 1. The maximum atomic E-state index is 6.15. The van der Waals surface area contributed by atoms with Gasteiger partial charge in [-0.1, -0.05) is 53.5 Å². The van der Waals surface area contributed by atoms with Gasteiger partial charge in [0.1, 0.15) is 12.4 Å². The van der Waals surface area contributed by atoms with E-state index in [1.807, 2.05) is 36.4 Å². The number of halogens is 2. The predicted molar refractivity (Wildman–Crippen MR) is 97.6 cm³/mol. The maximum Gasteiger partial charge on any atom is 0.216 e. The SMILES string of the molecule is S=c1[nH]nc(COc2ccccc2)n1/N=C\c1cccc(Cl)c1Cl. The van der Waals surface area contributed by atoms with E-state index in [9.17, 15) is 0 Å². The smallest absolute Gasteiger partial charge is 0.216 e. The molecule has 0 aliphatic carbocycles. The lowest BCUT2D eigenvalue weighted by molar-refractivity contribution is 0.290. The lowest BCUT2D eigenvalue weighted by Crippen LogP contribution is -2.04. The van der Waals surface area contributed by atoms with E-state index in [4.69, 9.17) is 40.2 Å². The maximum absolute atomic E-state index is 6.15. The largest absolute Gasteiger partial charge is 0.486 e. The Hall–Kier alpha value is -2.15. The number of hydrogen-bond donors (Lipinski definition) is 1. The molecule has 1 heterocycles. The molecule has 1 aromatic heterocycles. The van der Waals surface area contributed by atoms with Crippen molar-refractivity contribution in [2.75, 3.05) is 0 Å². The molecule has 0 bridgehead atoms. The Morgan fingerprint density at radius 1 is 1.17 bits per heavy atom. The minimum absolute atomic E-state index is 0.220. The Morgan fingerprint density at radius 3 is 2.75 bits per heavy atom. The van der Waals surface area contributed by atoms with Crippen molar-refractivity contribution in [1.29, 1.82) is 0 Å². The number of rotatable bonds is 5. The van der Waals surface area contributed by atoms with E-state index in [0.29, 0.717) is 26.2 Å². The third kappa shape index (κ3) is 3.84. The third-order valence-electron chi connectivity index (χ3n) is 3.12. The second-order valence-electron chi connectivity index (χ2n) is 4.75. The van der Waals surface area contributed by atoms with Crippen LogP contribution in [0.3, 0.4) is 0 Å². The quantitative estimate of drug-likeness (QED) is 0.516. The van der Waals surface area contributed by atoms with Gasteiger partial charge in [-0.3, -0.25) is 0 Å². The minimum Gasteiger partial charge on any atom is -0.486 e. The summed E-state index contributed by atoms with van der Waals surface area (Å²) in [6, 6.07) is 14.7. The van der Waals surface area contributed by atoms with Crippen LogP contribution in [-0.4, -0.2) is 21.1 Å². The number of para-hydroxylation sites is 1. The first kappa shape index (κ1) is 16.7. The molecule has 0 saturated heterocycles. The molecule has 0 aliphatic heterocycles. The summed E-state index contributed by atoms with van der Waals surface area (Å²) in [6.45, 7) is 0.220. The molecule has 0 unspecified atom stereocenters. The number of ether oxygens (including phenoxy) is 1. The van der Waals surface area contributed by atoms with Gasteiger partial charge in [0.15, 0.2) is 5.82 Å². The highest BCUT2D eigenvalue weighted by Gasteiger charge is 2.07. The van der Waals surface area contributed by atoms with Crippen molar-refractivity contribution >= 4 is 41.6 Å². The van der Waals surface area contributed by atoms with E-state index in [-0.39, 0.29) is 6.61 Å². The summed E-state index contributed by atoms with van der Waals surface area (Å²) in [7, 11) is 0. The summed E-state index contributed by atoms with van der Waals surface area (Å²) in [5.74, 6) is 1.28. The zero-order valence-corrected chi connectivity index (χ0v) is 14.6. The molecule has 1 N–H and O–H groups in total. The molecular weight excluding hydrogens is 367 g/mol. The molecule has 0 spiro atoms. The molecule has 0 radical (unpaired) electrons. The lowest BCUT2D eigenvalue weighted by Gasteiger charge is -2.05. The van der Waals surface area contributed by atoms with Crippen molar-refractivity contribution in [2.24, 2.45) is 5.10 Å². The number of benzene rings is 2. The summed E-state index contributed by atoms with van der Waals surface area (Å²) < 4.78 is 7.51. The molecule has 3 aromatic rings. The van der Waals surface area contributed by atoms with E-state index in [1.165, 1.54) is 4.68 Å². The highest BCUT2D eigenvalue weighted by atomic mass is 35.5. The summed E-state index contributed by atoms with van der Waals surface area (Å²) >= 11 is 17.3. The number of aromatic nitrogens is 3. The average Bonchev–Trinajstić information content (AvgIpc) is 2.95. The van der Waals surface area contributed by atoms with Crippen LogP contribution >= 0.6 is 35.4 Å². The van der Waals surface area contributed by atoms with Gasteiger partial charge in [0, 0.05) is 5.56 Å². The second-order valence-corrected chi connectivity index (χ2v) is 5.92. The van der Waals surface area contributed by atoms with E-state index < -0.39 is 0 Å². The van der Waals surface area contributed by atoms with Crippen LogP contribution in [0.15, 0.2) is 53.6 Å². The molecule has 122 valence electrons. The highest BCUT2D eigenvalue weighted by Crippen LogP contribution is 2.24. The van der Waals surface area contributed by atoms with Gasteiger partial charge in [0.05, 0.1) is 16.3 Å². The molecule has 0 aliphatic rings. The molecule has 0 fully saturated rings. The standard InChI is InChI=1S/C16H12Cl2N4OS/c17-13-8-4-5-11(15(13)18)9-19-22-14(20-21-16(22)24)10-23-12-6-2-1-3-7-12/h1-9H,10H2,(H,21,24)/b19-9-. The summed E-state index contributed by atoms with van der Waals surface area (Å²) in [6.07, 6.45) is 1.57. The fraction of sp³-hybridized carbons (Fsp3) is 0.0625. The molecule has 2 aromatic carbocycles. The summed E-state index contributed by atoms with van der Waals surface area (Å²) in [4.78, 5) is 0. The Balaban J connectivity index is 1.81. The van der Waals surface area contributed by atoms with Crippen LogP contribution in [-0.2, 0) is 6.61 Å². The second kappa shape index (κ2) is 7.61. The summed E-state index contributed by atoms with van der Waals surface area (Å²) in [5.41, 5.74) is 0.683. The van der Waals surface area contributed by atoms with E-state index in [0.717, 1.165) is 5.75 Å². The number of nitrogens with zero attached hydrogens (tertiary/aromatic N) is 3. The van der Waals surface area contributed by atoms with Crippen molar-refractivity contribution in [3.05, 3.63) is 74.7 Å². The van der Waals surface area contributed by atoms with E-state index >= 15 is 0 Å². The summed E-state index contributed by atoms with van der Waals surface area (Å²) in [5, 5.41) is 12.0. The molecule has 0 amide bonds. The zero-order chi connectivity index (χ0) is 16.9. The molecule has 5 nitrogen and oxygen atoms in total. The van der Waals surface area contributed by atoms with Crippen LogP contribution in [0.4, 0.5) is 0 Å². The number of hydrogen-bond acceptors (Lipinski definition) is 4. The first-order valence-electron chi connectivity index (χ1n) is 6.97. The molecule has 0 saturated carbocycles. The van der Waals surface area contributed by atoms with Crippen LogP contribution in [0.1, 0.15) is 11.4 Å². The predicted octanol–water partition coefficient (Wildman–Crippen LogP) is 4.71. The van der Waals surface area contributed by atoms with Gasteiger partial charge in [0.2, 0.25) is 4.77 Å². The van der Waals surface area contributed by atoms with Crippen molar-refractivity contribution in [2.45, 2.75) is 6.61 Å². The van der Waals surface area contributed by atoms with Crippen molar-refractivity contribution in [3.8, 4) is 5.75 Å². The van der Waals surface area contributed by atoms with Crippen molar-refractivity contribution < 1.29 is 4.74 Å². The van der Waals surface area contributed by atoms with E-state index in [2.05, 4.69) is 15.3 Å². The first-order valence-corrected chi connectivity index (χ1v) is 8.14. The molecule has 0 atom stereocenters. The van der Waals surface area contributed by atoms with Gasteiger partial charge in [-0.05, 0) is 30.4 Å². The molecule has 24 heavy (non-hydrogen) atoms. The molecule has 8 heteroatoms. The Morgan fingerprint density at radius 2 is 1.96 bits per heavy atom. The van der Waals surface area contributed by atoms with Crippen LogP contribution in [0.25, 0.3) is 0 Å². The Labute approximate surface area is 153 Å². The Kier molecular flexibility index (Phi) is 5.30. The topological polar surface area (TPSA) is 55.2 Å². The van der Waals surface area contributed by atoms with Crippen LogP contribution < -0.4 is 4.74 Å². The van der Waals surface area contributed by atoms with Gasteiger partial charge in [-0.2, -0.15) is 14.9 Å². The molecular formula is C16H12Cl2N4OS. The fourth-order valence-electron chi connectivity index (χ4n) is 1.94. The van der Waals surface area contributed by atoms with Gasteiger partial charge in [0.25, 0.3) is 0 Å². The van der Waals surface area contributed by atoms with Crippen LogP contribution in [0, 0.1) is 4.77 Å². The average molecular weight is 379 g/mol. The van der Waals surface area contributed by atoms with Gasteiger partial charge >= 0.3 is 0 Å². The third-order valence-corrected chi connectivity index (χ3v) is 4.22. The van der Waals surface area contributed by atoms with Crippen molar-refractivity contribution in [3.63, 3.8) is 0 Å². The van der Waals surface area contributed by atoms with Gasteiger partial charge < -0.3 is 4.74 Å². The van der Waals surface area contributed by atoms with Crippen LogP contribution in [0.2, 0.25) is 10.0 Å². The monoisotopic (exact) mass is 378 g/mol. The number of H-pyrrole nitrogens is 1. The van der Waals surface area contributed by atoms with Crippen LogP contribution in [0.5, 0.6) is 5.75 Å². The highest BCUT2D eigenvalue weighted by molar-refractivity contribution is 7.71. The Bertz CT molecular complexity index is 921. The van der Waals surface area contributed by atoms with Gasteiger partial charge in [-0.15, -0.1) is 0 Å². The van der Waals surface area contributed by atoms with Crippen molar-refractivity contribution in [1.82, 2.24) is 14.9 Å². The van der Waals surface area contributed by atoms with Gasteiger partial charge in [-0.25, -0.2) is 5.10 Å². The number of aromatic amines is 1. The van der Waals surface area contributed by atoms with E-state index in [1.54, 1.807) is 18.3 Å². The lowest BCUT2D eigenvalue weighted by atomic mass is 10.2. The zero-order valence-electron chi connectivity index (χ0n) is 12.3. The minimum atomic E-state index is 0.220. The molecule has 3 rings (SSSR count).